The minimum Gasteiger partial charge on any atom is -0.465 e. The fourth-order valence-corrected chi connectivity index (χ4v) is 4.33. The molecule has 0 fully saturated rings. The molecule has 9 heteroatoms. The van der Waals surface area contributed by atoms with Crippen molar-refractivity contribution in [3.8, 4) is 11.1 Å². The Kier molecular flexibility index (Phi) is 6.92. The molecule has 0 aliphatic carbocycles. The van der Waals surface area contributed by atoms with Crippen molar-refractivity contribution >= 4 is 32.4 Å². The van der Waals surface area contributed by atoms with Crippen LogP contribution in [0.3, 0.4) is 0 Å². The highest BCUT2D eigenvalue weighted by Crippen LogP contribution is 2.26. The van der Waals surface area contributed by atoms with Gasteiger partial charge in [-0.25, -0.2) is 13.4 Å². The van der Waals surface area contributed by atoms with Gasteiger partial charge >= 0.3 is 5.97 Å². The van der Waals surface area contributed by atoms with E-state index < -0.39 is 20.6 Å². The largest absolute Gasteiger partial charge is 0.465 e. The first kappa shape index (κ1) is 24.4. The number of benzene rings is 2. The van der Waals surface area contributed by atoms with Gasteiger partial charge in [-0.15, -0.1) is 0 Å². The van der Waals surface area contributed by atoms with Crippen LogP contribution in [0.25, 0.3) is 22.0 Å². The maximum Gasteiger partial charge on any atom is 0.327 e. The molecule has 176 valence electrons. The van der Waals surface area contributed by atoms with Crippen molar-refractivity contribution < 1.29 is 17.9 Å². The average molecular weight is 472 g/mol. The number of rotatable bonds is 8. The molecule has 0 radical (unpaired) electrons. The van der Waals surface area contributed by atoms with Gasteiger partial charge in [0.2, 0.25) is 0 Å². The van der Waals surface area contributed by atoms with Crippen molar-refractivity contribution in [2.24, 2.45) is 0 Å². The highest BCUT2D eigenvalue weighted by molar-refractivity contribution is 7.92. The fraction of sp³-hybridized carbons (Fsp3) is 0.375. The Bertz CT molecular complexity index is 1330. The van der Waals surface area contributed by atoms with Crippen LogP contribution in [0.15, 0.2) is 53.6 Å². The van der Waals surface area contributed by atoms with Crippen molar-refractivity contribution in [1.82, 2.24) is 9.55 Å². The second kappa shape index (κ2) is 9.35. The van der Waals surface area contributed by atoms with Gasteiger partial charge in [0.05, 0.1) is 23.8 Å². The summed E-state index contributed by atoms with van der Waals surface area (Å²) in [6.45, 7) is 3.02. The summed E-state index contributed by atoms with van der Waals surface area (Å²) in [5, 5.41) is 0.420. The van der Waals surface area contributed by atoms with Gasteiger partial charge < -0.3 is 9.64 Å². The number of sulfone groups is 1. The van der Waals surface area contributed by atoms with Gasteiger partial charge in [0.15, 0.2) is 14.6 Å². The topological polar surface area (TPSA) is 98.6 Å². The molecule has 0 saturated carbocycles. The van der Waals surface area contributed by atoms with E-state index >= 15 is 0 Å². The number of hydrogen-bond acceptors (Lipinski definition) is 7. The van der Waals surface area contributed by atoms with Crippen molar-refractivity contribution in [3.05, 3.63) is 59.1 Å². The third-order valence-corrected chi connectivity index (χ3v) is 7.91. The Hall–Kier alpha value is -3.20. The molecular weight excluding hydrogens is 442 g/mol. The second-order valence-corrected chi connectivity index (χ2v) is 10.8. The number of anilines is 1. The summed E-state index contributed by atoms with van der Waals surface area (Å²) in [7, 11) is 0.185. The van der Waals surface area contributed by atoms with Gasteiger partial charge in [0.25, 0.3) is 5.56 Å². The smallest absolute Gasteiger partial charge is 0.327 e. The lowest BCUT2D eigenvalue weighted by Gasteiger charge is -2.25. The van der Waals surface area contributed by atoms with Crippen LogP contribution in [-0.2, 0) is 25.9 Å². The number of nitrogens with zero attached hydrogens (tertiary/aromatic N) is 3. The van der Waals surface area contributed by atoms with Gasteiger partial charge in [-0.3, -0.25) is 14.2 Å². The zero-order valence-electron chi connectivity index (χ0n) is 19.5. The second-order valence-electron chi connectivity index (χ2n) is 8.39. The number of aromatic nitrogens is 2. The summed E-state index contributed by atoms with van der Waals surface area (Å²) in [5.74, 6) is -0.820. The molecule has 8 nitrogen and oxygen atoms in total. The molecule has 1 atom stereocenters. The lowest BCUT2D eigenvalue weighted by Crippen LogP contribution is -2.45. The maximum atomic E-state index is 13.0. The molecule has 3 rings (SSSR count). The molecule has 0 amide bonds. The van der Waals surface area contributed by atoms with Crippen LogP contribution in [0.5, 0.6) is 0 Å². The summed E-state index contributed by atoms with van der Waals surface area (Å²) >= 11 is 0. The molecule has 0 N–H and O–H groups in total. The number of carbonyl (C=O) groups excluding carboxylic acids is 1. The van der Waals surface area contributed by atoms with Crippen LogP contribution < -0.4 is 10.5 Å². The number of esters is 1. The van der Waals surface area contributed by atoms with Gasteiger partial charge in [0.1, 0.15) is 0 Å². The Balaban J connectivity index is 1.90. The first-order valence-electron chi connectivity index (χ1n) is 10.6. The summed E-state index contributed by atoms with van der Waals surface area (Å²) in [4.78, 5) is 31.8. The standard InChI is InChI=1S/C24H29N3O5S/c1-6-32-23(29)24(2,33(5,30)31)13-14-27-16-25-21-15-18(9-12-20(21)22(27)28)17-7-10-19(11-8-17)26(3)4/h7-12,15-16H,6,13-14H2,1-5H3/t24-/m1/s1. The zero-order chi connectivity index (χ0) is 24.4. The van der Waals surface area contributed by atoms with Crippen molar-refractivity contribution in [2.45, 2.75) is 31.6 Å². The van der Waals surface area contributed by atoms with E-state index in [-0.39, 0.29) is 25.1 Å². The lowest BCUT2D eigenvalue weighted by atomic mass is 10.0. The molecule has 0 saturated heterocycles. The SMILES string of the molecule is CCOC(=O)[C@@](C)(CCn1cnc2cc(-c3ccc(N(C)C)cc3)ccc2c1=O)S(C)(=O)=O. The quantitative estimate of drug-likeness (QED) is 0.466. The van der Waals surface area contributed by atoms with Crippen molar-refractivity contribution in [1.29, 1.82) is 0 Å². The van der Waals surface area contributed by atoms with Crippen molar-refractivity contribution in [2.75, 3.05) is 31.9 Å². The van der Waals surface area contributed by atoms with Gasteiger partial charge in [0, 0.05) is 32.6 Å². The number of aryl methyl sites for hydroxylation is 1. The Labute approximate surface area is 193 Å². The molecular formula is C24H29N3O5S. The molecule has 1 heterocycles. The third kappa shape index (κ3) is 4.93. The molecule has 33 heavy (non-hydrogen) atoms. The first-order chi connectivity index (χ1) is 15.5. The predicted octanol–water partition coefficient (Wildman–Crippen LogP) is 2.89. The Morgan fingerprint density at radius 2 is 1.76 bits per heavy atom. The van der Waals surface area contributed by atoms with Crippen LogP contribution in [0.2, 0.25) is 0 Å². The number of ether oxygens (including phenoxy) is 1. The summed E-state index contributed by atoms with van der Waals surface area (Å²) in [5.41, 5.74) is 3.27. The van der Waals surface area contributed by atoms with E-state index in [0.29, 0.717) is 10.9 Å². The molecule has 1 aromatic heterocycles. The highest BCUT2D eigenvalue weighted by atomic mass is 32.2. The molecule has 2 aromatic carbocycles. The van der Waals surface area contributed by atoms with Crippen LogP contribution in [0, 0.1) is 0 Å². The van der Waals surface area contributed by atoms with Gasteiger partial charge in [-0.1, -0.05) is 18.2 Å². The van der Waals surface area contributed by atoms with E-state index in [1.54, 1.807) is 13.0 Å². The summed E-state index contributed by atoms with van der Waals surface area (Å²) in [6.07, 6.45) is 2.28. The minimum atomic E-state index is -3.77. The maximum absolute atomic E-state index is 13.0. The molecule has 0 spiro atoms. The normalized spacial score (nSPS) is 13.5. The van der Waals surface area contributed by atoms with E-state index in [1.807, 2.05) is 55.4 Å². The first-order valence-corrected chi connectivity index (χ1v) is 12.5. The van der Waals surface area contributed by atoms with E-state index in [2.05, 4.69) is 4.98 Å². The predicted molar refractivity (Wildman–Crippen MR) is 130 cm³/mol. The van der Waals surface area contributed by atoms with E-state index in [0.717, 1.165) is 23.1 Å². The van der Waals surface area contributed by atoms with E-state index in [1.165, 1.54) is 17.8 Å². The number of hydrogen-bond donors (Lipinski definition) is 0. The average Bonchev–Trinajstić information content (AvgIpc) is 2.77. The van der Waals surface area contributed by atoms with Crippen molar-refractivity contribution in [3.63, 3.8) is 0 Å². The fourth-order valence-electron chi connectivity index (χ4n) is 3.51. The molecule has 0 aliphatic heterocycles. The van der Waals surface area contributed by atoms with E-state index in [4.69, 9.17) is 4.74 Å². The number of carbonyl (C=O) groups is 1. The van der Waals surface area contributed by atoms with Crippen LogP contribution in [0.4, 0.5) is 5.69 Å². The van der Waals surface area contributed by atoms with Crippen LogP contribution in [0.1, 0.15) is 20.3 Å². The third-order valence-electron chi connectivity index (χ3n) is 5.90. The molecule has 0 unspecified atom stereocenters. The number of fused-ring (bicyclic) bond motifs is 1. The van der Waals surface area contributed by atoms with Crippen LogP contribution >= 0.6 is 0 Å². The summed E-state index contributed by atoms with van der Waals surface area (Å²) in [6, 6.07) is 13.5. The van der Waals surface area contributed by atoms with E-state index in [9.17, 15) is 18.0 Å². The van der Waals surface area contributed by atoms with Gasteiger partial charge in [-0.2, -0.15) is 0 Å². The molecule has 3 aromatic rings. The Morgan fingerprint density at radius 3 is 2.33 bits per heavy atom. The Morgan fingerprint density at radius 1 is 1.12 bits per heavy atom. The lowest BCUT2D eigenvalue weighted by molar-refractivity contribution is -0.146. The molecule has 0 bridgehead atoms. The molecule has 0 aliphatic rings. The monoisotopic (exact) mass is 471 g/mol. The highest BCUT2D eigenvalue weighted by Gasteiger charge is 2.44. The van der Waals surface area contributed by atoms with Gasteiger partial charge in [-0.05, 0) is 55.7 Å². The zero-order valence-corrected chi connectivity index (χ0v) is 20.3. The summed E-state index contributed by atoms with van der Waals surface area (Å²) < 4.78 is 29.2. The minimum absolute atomic E-state index is 0.0118. The van der Waals surface area contributed by atoms with Crippen LogP contribution in [-0.4, -0.2) is 55.6 Å².